The Bertz CT molecular complexity index is 1310. The summed E-state index contributed by atoms with van der Waals surface area (Å²) in [7, 11) is 2.91. The van der Waals surface area contributed by atoms with Crippen molar-refractivity contribution < 1.29 is 33.4 Å². The number of hydrogen-bond donors (Lipinski definition) is 0. The monoisotopic (exact) mass is 473 g/mol. The van der Waals surface area contributed by atoms with Gasteiger partial charge in [-0.15, -0.1) is 0 Å². The summed E-state index contributed by atoms with van der Waals surface area (Å²) in [4.78, 5) is 51.2. The molecule has 8 heteroatoms. The van der Waals surface area contributed by atoms with Crippen LogP contribution in [-0.2, 0) is 17.9 Å². The lowest BCUT2D eigenvalue weighted by atomic mass is 10.1. The molecule has 35 heavy (non-hydrogen) atoms. The molecule has 1 aliphatic rings. The minimum Gasteiger partial charge on any atom is -0.496 e. The van der Waals surface area contributed by atoms with Gasteiger partial charge in [0.05, 0.1) is 31.9 Å². The number of carbonyl (C=O) groups is 4. The summed E-state index contributed by atoms with van der Waals surface area (Å²) in [6, 6.07) is 16.3. The van der Waals surface area contributed by atoms with Crippen LogP contribution in [0.2, 0.25) is 0 Å². The van der Waals surface area contributed by atoms with Gasteiger partial charge in [-0.25, -0.2) is 4.79 Å². The number of Topliss-reactive ketones (excluding diaryl/α,β-unsaturated/α-hetero) is 1. The minimum atomic E-state index is -0.665. The van der Waals surface area contributed by atoms with Crippen LogP contribution in [0.3, 0.4) is 0 Å². The average Bonchev–Trinajstić information content (AvgIpc) is 3.11. The Morgan fingerprint density at radius 1 is 0.829 bits per heavy atom. The first-order valence-electron chi connectivity index (χ1n) is 10.8. The number of benzene rings is 3. The molecule has 0 fully saturated rings. The van der Waals surface area contributed by atoms with Gasteiger partial charge in [0.2, 0.25) is 0 Å². The van der Waals surface area contributed by atoms with Crippen molar-refractivity contribution in [2.75, 3.05) is 14.2 Å². The van der Waals surface area contributed by atoms with Gasteiger partial charge in [-0.3, -0.25) is 19.3 Å². The van der Waals surface area contributed by atoms with E-state index in [2.05, 4.69) is 0 Å². The topological polar surface area (TPSA) is 99.2 Å². The molecule has 0 spiro atoms. The Labute approximate surface area is 202 Å². The molecule has 1 aliphatic heterocycles. The highest BCUT2D eigenvalue weighted by atomic mass is 16.5. The van der Waals surface area contributed by atoms with Crippen LogP contribution in [0.1, 0.15) is 59.5 Å². The molecule has 0 saturated carbocycles. The number of nitrogens with zero attached hydrogens (tertiary/aromatic N) is 1. The molecular formula is C27H23NO7. The van der Waals surface area contributed by atoms with Crippen LogP contribution in [0.25, 0.3) is 0 Å². The fourth-order valence-corrected chi connectivity index (χ4v) is 3.91. The van der Waals surface area contributed by atoms with Crippen molar-refractivity contribution >= 4 is 23.6 Å². The number of ketones is 1. The molecule has 1 heterocycles. The summed E-state index contributed by atoms with van der Waals surface area (Å²) in [6.45, 7) is 1.31. The highest BCUT2D eigenvalue weighted by Gasteiger charge is 2.35. The molecule has 0 N–H and O–H groups in total. The maximum absolute atomic E-state index is 13.0. The van der Waals surface area contributed by atoms with E-state index in [1.807, 2.05) is 0 Å². The van der Waals surface area contributed by atoms with E-state index in [-0.39, 0.29) is 42.1 Å². The first kappa shape index (κ1) is 23.7. The summed E-state index contributed by atoms with van der Waals surface area (Å²) in [5.41, 5.74) is 2.42. The maximum atomic E-state index is 13.0. The molecule has 4 rings (SSSR count). The maximum Gasteiger partial charge on any atom is 0.342 e. The average molecular weight is 473 g/mol. The Morgan fingerprint density at radius 3 is 2.06 bits per heavy atom. The smallest absolute Gasteiger partial charge is 0.342 e. The lowest BCUT2D eigenvalue weighted by Gasteiger charge is -2.16. The van der Waals surface area contributed by atoms with Crippen molar-refractivity contribution in [1.82, 2.24) is 4.90 Å². The van der Waals surface area contributed by atoms with Gasteiger partial charge in [0, 0.05) is 11.1 Å². The Balaban J connectivity index is 1.54. The normalized spacial score (nSPS) is 12.4. The van der Waals surface area contributed by atoms with E-state index in [1.165, 1.54) is 27.2 Å². The number of carbonyl (C=O) groups excluding carboxylic acids is 4. The van der Waals surface area contributed by atoms with Gasteiger partial charge in [0.15, 0.2) is 5.78 Å². The van der Waals surface area contributed by atoms with Crippen molar-refractivity contribution in [3.8, 4) is 11.5 Å². The predicted molar refractivity (Wildman–Crippen MR) is 126 cm³/mol. The molecule has 2 amide bonds. The molecule has 0 unspecified atom stereocenters. The second-order valence-electron chi connectivity index (χ2n) is 7.94. The zero-order valence-electron chi connectivity index (χ0n) is 19.5. The van der Waals surface area contributed by atoms with Crippen molar-refractivity contribution in [2.45, 2.75) is 20.1 Å². The quantitative estimate of drug-likeness (QED) is 0.276. The number of imide groups is 1. The van der Waals surface area contributed by atoms with Crippen LogP contribution < -0.4 is 9.47 Å². The Morgan fingerprint density at radius 2 is 1.46 bits per heavy atom. The Hall–Kier alpha value is -4.46. The molecule has 0 radical (unpaired) electrons. The number of hydrogen-bond acceptors (Lipinski definition) is 7. The fraction of sp³-hybridized carbons (Fsp3) is 0.185. The van der Waals surface area contributed by atoms with Crippen molar-refractivity contribution in [3.05, 3.63) is 94.0 Å². The van der Waals surface area contributed by atoms with Gasteiger partial charge < -0.3 is 14.2 Å². The number of ether oxygens (including phenoxy) is 3. The highest BCUT2D eigenvalue weighted by molar-refractivity contribution is 6.21. The van der Waals surface area contributed by atoms with E-state index in [0.717, 1.165) is 4.90 Å². The summed E-state index contributed by atoms with van der Waals surface area (Å²) >= 11 is 0. The van der Waals surface area contributed by atoms with Gasteiger partial charge in [-0.2, -0.15) is 0 Å². The van der Waals surface area contributed by atoms with Crippen LogP contribution in [0.4, 0.5) is 0 Å². The third-order valence-corrected chi connectivity index (χ3v) is 5.75. The number of amides is 2. The van der Waals surface area contributed by atoms with Crippen molar-refractivity contribution in [2.24, 2.45) is 0 Å². The van der Waals surface area contributed by atoms with E-state index in [9.17, 15) is 19.2 Å². The molecular weight excluding hydrogens is 450 g/mol. The van der Waals surface area contributed by atoms with Crippen molar-refractivity contribution in [3.63, 3.8) is 0 Å². The van der Waals surface area contributed by atoms with E-state index in [4.69, 9.17) is 14.2 Å². The summed E-state index contributed by atoms with van der Waals surface area (Å²) in [5.74, 6) is -0.796. The van der Waals surface area contributed by atoms with E-state index >= 15 is 0 Å². The zero-order valence-corrected chi connectivity index (χ0v) is 19.5. The van der Waals surface area contributed by atoms with Gasteiger partial charge >= 0.3 is 5.97 Å². The van der Waals surface area contributed by atoms with Gasteiger partial charge in [0.25, 0.3) is 11.8 Å². The second kappa shape index (κ2) is 9.80. The first-order chi connectivity index (χ1) is 16.8. The SMILES string of the molecule is COc1ccc(C(C)=O)cc1COC(=O)c1cc(CN2C(=O)c3ccccc3C2=O)ccc1OC. The van der Waals surface area contributed by atoms with Crippen LogP contribution in [0.15, 0.2) is 60.7 Å². The lowest BCUT2D eigenvalue weighted by molar-refractivity contribution is 0.0466. The third kappa shape index (κ3) is 4.63. The largest absolute Gasteiger partial charge is 0.496 e. The minimum absolute atomic E-state index is 0.00883. The molecule has 0 atom stereocenters. The molecule has 3 aromatic rings. The van der Waals surface area contributed by atoms with E-state index in [1.54, 1.807) is 54.6 Å². The summed E-state index contributed by atoms with van der Waals surface area (Å²) in [6.07, 6.45) is 0. The van der Waals surface area contributed by atoms with Gasteiger partial charge in [-0.05, 0) is 55.0 Å². The number of fused-ring (bicyclic) bond motifs is 1. The lowest BCUT2D eigenvalue weighted by Crippen LogP contribution is -2.29. The third-order valence-electron chi connectivity index (χ3n) is 5.75. The number of rotatable bonds is 8. The van der Waals surface area contributed by atoms with Crippen LogP contribution in [0.5, 0.6) is 11.5 Å². The summed E-state index contributed by atoms with van der Waals surface area (Å²) < 4.78 is 16.1. The molecule has 0 saturated heterocycles. The fourth-order valence-electron chi connectivity index (χ4n) is 3.91. The highest BCUT2D eigenvalue weighted by Crippen LogP contribution is 2.28. The Kier molecular flexibility index (Phi) is 6.64. The first-order valence-corrected chi connectivity index (χ1v) is 10.8. The molecule has 3 aromatic carbocycles. The van der Waals surface area contributed by atoms with Crippen LogP contribution >= 0.6 is 0 Å². The second-order valence-corrected chi connectivity index (χ2v) is 7.94. The van der Waals surface area contributed by atoms with E-state index in [0.29, 0.717) is 33.6 Å². The molecule has 178 valence electrons. The van der Waals surface area contributed by atoms with Gasteiger partial charge in [-0.1, -0.05) is 18.2 Å². The number of esters is 1. The van der Waals surface area contributed by atoms with E-state index < -0.39 is 5.97 Å². The summed E-state index contributed by atoms with van der Waals surface area (Å²) in [5, 5.41) is 0. The number of methoxy groups -OCH3 is 2. The van der Waals surface area contributed by atoms with Crippen LogP contribution in [0, 0.1) is 0 Å². The van der Waals surface area contributed by atoms with Gasteiger partial charge in [0.1, 0.15) is 23.7 Å². The molecule has 8 nitrogen and oxygen atoms in total. The standard InChI is InChI=1S/C27H23NO7/c1-16(29)18-9-11-23(33-2)19(13-18)15-35-27(32)22-12-17(8-10-24(22)34-3)14-28-25(30)20-6-4-5-7-21(20)26(28)31/h4-13H,14-15H2,1-3H3. The zero-order chi connectivity index (χ0) is 25.1. The van der Waals surface area contributed by atoms with Crippen molar-refractivity contribution in [1.29, 1.82) is 0 Å². The molecule has 0 aliphatic carbocycles. The molecule has 0 aromatic heterocycles. The predicted octanol–water partition coefficient (Wildman–Crippen LogP) is 4.06. The van der Waals surface area contributed by atoms with Crippen LogP contribution in [-0.4, -0.2) is 42.7 Å². The molecule has 0 bridgehead atoms.